The molecule has 2 fully saturated rings. The van der Waals surface area contributed by atoms with Crippen molar-refractivity contribution in [1.29, 1.82) is 0 Å². The number of hydrazone groups is 1. The minimum Gasteiger partial charge on any atom is -0.482 e. The van der Waals surface area contributed by atoms with Crippen molar-refractivity contribution < 1.29 is 23.5 Å². The van der Waals surface area contributed by atoms with E-state index in [2.05, 4.69) is 55.6 Å². The van der Waals surface area contributed by atoms with Crippen LogP contribution >= 0.6 is 45.2 Å². The maximum Gasteiger partial charge on any atom is 0.262 e. The first-order valence-electron chi connectivity index (χ1n) is 10.6. The molecular formula is C24H18FI2N3O4. The Hall–Kier alpha value is -2.35. The number of carbonyl (C=O) groups excluding carboxylic acids is 3. The summed E-state index contributed by atoms with van der Waals surface area (Å²) >= 11 is 4.16. The number of nitrogens with zero attached hydrogens (tertiary/aromatic N) is 2. The smallest absolute Gasteiger partial charge is 0.262 e. The summed E-state index contributed by atoms with van der Waals surface area (Å²) in [6.07, 6.45) is 6.46. The fourth-order valence-corrected chi connectivity index (χ4v) is 6.93. The molecule has 1 saturated heterocycles. The molecule has 2 aromatic rings. The van der Waals surface area contributed by atoms with Gasteiger partial charge in [-0.1, -0.05) is 24.3 Å². The fraction of sp³-hybridized carbons (Fsp3) is 0.250. The third-order valence-electron chi connectivity index (χ3n) is 6.29. The summed E-state index contributed by atoms with van der Waals surface area (Å²) < 4.78 is 20.8. The van der Waals surface area contributed by atoms with Gasteiger partial charge in [0.2, 0.25) is 0 Å². The second-order valence-corrected chi connectivity index (χ2v) is 10.7. The van der Waals surface area contributed by atoms with Crippen molar-refractivity contribution in [2.75, 3.05) is 11.9 Å². The van der Waals surface area contributed by atoms with Crippen molar-refractivity contribution >= 4 is 74.8 Å². The molecule has 0 spiro atoms. The van der Waals surface area contributed by atoms with Crippen molar-refractivity contribution in [2.24, 2.45) is 28.8 Å². The Morgan fingerprint density at radius 2 is 1.74 bits per heavy atom. The van der Waals surface area contributed by atoms with Crippen LogP contribution in [0.25, 0.3) is 0 Å². The number of para-hydroxylation sites is 1. The van der Waals surface area contributed by atoms with Gasteiger partial charge in [-0.25, -0.2) is 4.39 Å². The van der Waals surface area contributed by atoms with Crippen LogP contribution in [0, 0.1) is 36.6 Å². The number of imide groups is 1. The average Bonchev–Trinajstić information content (AvgIpc) is 3.47. The van der Waals surface area contributed by atoms with E-state index in [1.165, 1.54) is 18.3 Å². The Morgan fingerprint density at radius 1 is 1.12 bits per heavy atom. The molecule has 4 atom stereocenters. The van der Waals surface area contributed by atoms with E-state index in [0.717, 1.165) is 18.6 Å². The second-order valence-electron chi connectivity index (χ2n) is 8.36. The van der Waals surface area contributed by atoms with Gasteiger partial charge in [0.1, 0.15) is 11.6 Å². The fourth-order valence-electron chi connectivity index (χ4n) is 4.80. The van der Waals surface area contributed by atoms with Crippen molar-refractivity contribution in [2.45, 2.75) is 6.42 Å². The molecular weight excluding hydrogens is 667 g/mol. The van der Waals surface area contributed by atoms with Crippen LogP contribution in [0.15, 0.2) is 53.7 Å². The standard InChI is InChI=1S/C24H18FI2N3O4/c25-15-3-1-2-4-18(15)29-19(31)11-34-22-16(26)7-12(8-17(22)27)10-28-30-23(32)20-13-5-6-14(9-13)21(20)24(30)33/h1-8,10,13-14,20-21H,9,11H2,(H,29,31)/t13-,14-,20-,21+/m0/s1. The number of carbonyl (C=O) groups is 3. The highest BCUT2D eigenvalue weighted by Gasteiger charge is 2.59. The lowest BCUT2D eigenvalue weighted by molar-refractivity contribution is -0.140. The summed E-state index contributed by atoms with van der Waals surface area (Å²) in [6.45, 7) is -0.288. The number of halogens is 3. The summed E-state index contributed by atoms with van der Waals surface area (Å²) in [4.78, 5) is 37.7. The molecule has 2 aliphatic carbocycles. The van der Waals surface area contributed by atoms with Crippen LogP contribution in [0.2, 0.25) is 0 Å². The van der Waals surface area contributed by atoms with E-state index in [-0.39, 0.29) is 47.8 Å². The molecule has 174 valence electrons. The largest absolute Gasteiger partial charge is 0.482 e. The second kappa shape index (κ2) is 9.36. The van der Waals surface area contributed by atoms with Gasteiger partial charge in [0.15, 0.2) is 6.61 Å². The number of rotatable bonds is 6. The van der Waals surface area contributed by atoms with Crippen molar-refractivity contribution in [3.8, 4) is 5.75 Å². The molecule has 2 aromatic carbocycles. The van der Waals surface area contributed by atoms with Gasteiger partial charge in [-0.15, -0.1) is 0 Å². The monoisotopic (exact) mass is 685 g/mol. The molecule has 34 heavy (non-hydrogen) atoms. The van der Waals surface area contributed by atoms with Gasteiger partial charge in [-0.2, -0.15) is 10.1 Å². The zero-order chi connectivity index (χ0) is 24.0. The van der Waals surface area contributed by atoms with Gasteiger partial charge in [0, 0.05) is 0 Å². The van der Waals surface area contributed by atoms with Crippen molar-refractivity contribution in [3.63, 3.8) is 0 Å². The molecule has 1 saturated carbocycles. The highest BCUT2D eigenvalue weighted by molar-refractivity contribution is 14.1. The number of anilines is 1. The molecule has 0 radical (unpaired) electrons. The SMILES string of the molecule is O=C(COc1c(I)cc(C=NN2C(=O)[C@@H]3[C@H](C2=O)[C@H]2C=C[C@H]3C2)cc1I)Nc1ccccc1F. The Balaban J connectivity index is 1.24. The lowest BCUT2D eigenvalue weighted by Crippen LogP contribution is -2.28. The van der Waals surface area contributed by atoms with Crippen LogP contribution in [0.3, 0.4) is 0 Å². The summed E-state index contributed by atoms with van der Waals surface area (Å²) in [5.74, 6) is -1.25. The lowest BCUT2D eigenvalue weighted by atomic mass is 9.85. The summed E-state index contributed by atoms with van der Waals surface area (Å²) in [6, 6.07) is 9.47. The minimum absolute atomic E-state index is 0.0889. The topological polar surface area (TPSA) is 88.1 Å². The first kappa shape index (κ1) is 23.4. The molecule has 1 N–H and O–H groups in total. The molecule has 2 bridgehead atoms. The van der Waals surface area contributed by atoms with Gasteiger partial charge in [-0.3, -0.25) is 14.4 Å². The predicted octanol–water partition coefficient (Wildman–Crippen LogP) is 4.19. The summed E-state index contributed by atoms with van der Waals surface area (Å²) in [7, 11) is 0. The third-order valence-corrected chi connectivity index (χ3v) is 7.89. The highest BCUT2D eigenvalue weighted by Crippen LogP contribution is 2.52. The summed E-state index contributed by atoms with van der Waals surface area (Å²) in [5, 5.41) is 7.70. The van der Waals surface area contributed by atoms with Gasteiger partial charge in [-0.05, 0) is 93.3 Å². The van der Waals surface area contributed by atoms with E-state index in [0.29, 0.717) is 11.3 Å². The van der Waals surface area contributed by atoms with E-state index in [4.69, 9.17) is 4.74 Å². The zero-order valence-corrected chi connectivity index (χ0v) is 21.9. The van der Waals surface area contributed by atoms with Gasteiger partial charge in [0.25, 0.3) is 17.7 Å². The van der Waals surface area contributed by atoms with E-state index in [1.807, 2.05) is 12.2 Å². The first-order valence-corrected chi connectivity index (χ1v) is 12.8. The number of hydrogen-bond acceptors (Lipinski definition) is 5. The quantitative estimate of drug-likeness (QED) is 0.214. The number of benzene rings is 2. The van der Waals surface area contributed by atoms with Crippen molar-refractivity contribution in [1.82, 2.24) is 5.01 Å². The van der Waals surface area contributed by atoms with Crippen LogP contribution in [-0.4, -0.2) is 35.6 Å². The van der Waals surface area contributed by atoms with Crippen LogP contribution < -0.4 is 10.1 Å². The third kappa shape index (κ3) is 4.25. The van der Waals surface area contributed by atoms with E-state index < -0.39 is 11.7 Å². The van der Waals surface area contributed by atoms with Gasteiger partial charge < -0.3 is 10.1 Å². The van der Waals surface area contributed by atoms with Crippen LogP contribution in [-0.2, 0) is 14.4 Å². The van der Waals surface area contributed by atoms with E-state index in [1.54, 1.807) is 24.3 Å². The molecule has 0 aromatic heterocycles. The number of nitrogens with one attached hydrogen (secondary N) is 1. The molecule has 10 heteroatoms. The molecule has 3 aliphatic rings. The Kier molecular flexibility index (Phi) is 6.44. The molecule has 5 rings (SSSR count). The van der Waals surface area contributed by atoms with Gasteiger partial charge >= 0.3 is 0 Å². The van der Waals surface area contributed by atoms with Crippen molar-refractivity contribution in [3.05, 3.63) is 67.1 Å². The van der Waals surface area contributed by atoms with E-state index in [9.17, 15) is 18.8 Å². The van der Waals surface area contributed by atoms with Gasteiger partial charge in [0.05, 0.1) is 30.9 Å². The number of ether oxygens (including phenoxy) is 1. The summed E-state index contributed by atoms with van der Waals surface area (Å²) in [5.41, 5.74) is 0.779. The highest BCUT2D eigenvalue weighted by atomic mass is 127. The predicted molar refractivity (Wildman–Crippen MR) is 140 cm³/mol. The Bertz CT molecular complexity index is 1210. The Labute approximate surface area is 222 Å². The molecule has 1 heterocycles. The van der Waals surface area contributed by atoms with Crippen LogP contribution in [0.4, 0.5) is 10.1 Å². The average molecular weight is 685 g/mol. The van der Waals surface area contributed by atoms with E-state index >= 15 is 0 Å². The number of fused-ring (bicyclic) bond motifs is 5. The number of allylic oxidation sites excluding steroid dienone is 2. The molecule has 1 aliphatic heterocycles. The number of amides is 3. The molecule has 7 nitrogen and oxygen atoms in total. The maximum absolute atomic E-state index is 13.7. The Morgan fingerprint density at radius 3 is 2.35 bits per heavy atom. The number of hydrogen-bond donors (Lipinski definition) is 1. The molecule has 3 amide bonds. The first-order chi connectivity index (χ1) is 16.3. The lowest BCUT2D eigenvalue weighted by Gasteiger charge is -2.13. The normalized spacial score (nSPS) is 24.9. The minimum atomic E-state index is -0.522. The van der Waals surface area contributed by atoms with Crippen LogP contribution in [0.5, 0.6) is 5.75 Å². The zero-order valence-electron chi connectivity index (χ0n) is 17.6. The molecule has 0 unspecified atom stereocenters. The van der Waals surface area contributed by atoms with Crippen LogP contribution in [0.1, 0.15) is 12.0 Å². The maximum atomic E-state index is 13.7.